The van der Waals surface area contributed by atoms with Gasteiger partial charge in [0.05, 0.1) is 21.4 Å². The van der Waals surface area contributed by atoms with E-state index in [1.165, 1.54) is 17.8 Å². The van der Waals surface area contributed by atoms with Gasteiger partial charge in [-0.05, 0) is 60.7 Å². The number of sulfone groups is 1. The van der Waals surface area contributed by atoms with Gasteiger partial charge in [-0.1, -0.05) is 41.4 Å². The van der Waals surface area contributed by atoms with Gasteiger partial charge in [0, 0.05) is 12.6 Å². The molecule has 1 aliphatic rings. The fourth-order valence-corrected chi connectivity index (χ4v) is 5.25. The standard InChI is InChI=1S/C23H20Cl2N2O4S/c24-17-13-19(25)23(26-14-17)31-21-7-2-1-6-20(21)27-22(28)10-11-32(29,30)18-9-8-15-4-3-5-16(15)12-18/h1-2,6-9,12-14H,3-5,10-11H2,(H,27,28). The zero-order chi connectivity index (χ0) is 22.7. The number of ether oxygens (including phenoxy) is 1. The number of anilines is 1. The lowest BCUT2D eigenvalue weighted by Crippen LogP contribution is -2.18. The number of hydrogen-bond acceptors (Lipinski definition) is 5. The smallest absolute Gasteiger partial charge is 0.238 e. The van der Waals surface area contributed by atoms with E-state index in [-0.39, 0.29) is 28.0 Å². The molecule has 32 heavy (non-hydrogen) atoms. The number of carbonyl (C=O) groups is 1. The van der Waals surface area contributed by atoms with Crippen LogP contribution in [0.3, 0.4) is 0 Å². The first kappa shape index (κ1) is 22.6. The number of para-hydroxylation sites is 2. The lowest BCUT2D eigenvalue weighted by Gasteiger charge is -2.12. The summed E-state index contributed by atoms with van der Waals surface area (Å²) in [5.74, 6) is -0.275. The van der Waals surface area contributed by atoms with Gasteiger partial charge in [-0.3, -0.25) is 4.79 Å². The molecule has 0 fully saturated rings. The number of aromatic nitrogens is 1. The minimum atomic E-state index is -3.57. The molecule has 0 aliphatic heterocycles. The van der Waals surface area contributed by atoms with E-state index in [1.54, 1.807) is 36.4 Å². The Labute approximate surface area is 196 Å². The van der Waals surface area contributed by atoms with Gasteiger partial charge in [0.25, 0.3) is 0 Å². The van der Waals surface area contributed by atoms with Gasteiger partial charge in [0.2, 0.25) is 11.8 Å². The molecule has 1 N–H and O–H groups in total. The first-order valence-electron chi connectivity index (χ1n) is 10.0. The number of hydrogen-bond donors (Lipinski definition) is 1. The summed E-state index contributed by atoms with van der Waals surface area (Å²) < 4.78 is 31.2. The number of rotatable bonds is 7. The van der Waals surface area contributed by atoms with E-state index in [0.29, 0.717) is 16.5 Å². The van der Waals surface area contributed by atoms with Crippen LogP contribution >= 0.6 is 23.2 Å². The summed E-state index contributed by atoms with van der Waals surface area (Å²) >= 11 is 12.0. The SMILES string of the molecule is O=C(CCS(=O)(=O)c1ccc2c(c1)CCC2)Nc1ccccc1Oc1ncc(Cl)cc1Cl. The van der Waals surface area contributed by atoms with Gasteiger partial charge in [-0.2, -0.15) is 0 Å². The first-order chi connectivity index (χ1) is 15.3. The van der Waals surface area contributed by atoms with Gasteiger partial charge in [0.1, 0.15) is 5.02 Å². The molecule has 0 saturated heterocycles. The molecule has 9 heteroatoms. The van der Waals surface area contributed by atoms with Gasteiger partial charge in [-0.15, -0.1) is 0 Å². The van der Waals surface area contributed by atoms with Gasteiger partial charge >= 0.3 is 0 Å². The van der Waals surface area contributed by atoms with Crippen LogP contribution in [0, 0.1) is 0 Å². The Morgan fingerprint density at radius 3 is 2.66 bits per heavy atom. The number of benzene rings is 2. The van der Waals surface area contributed by atoms with Crippen molar-refractivity contribution in [2.45, 2.75) is 30.6 Å². The zero-order valence-electron chi connectivity index (χ0n) is 17.0. The summed E-state index contributed by atoms with van der Waals surface area (Å²) in [4.78, 5) is 16.8. The van der Waals surface area contributed by atoms with Crippen molar-refractivity contribution in [1.82, 2.24) is 4.98 Å². The molecule has 0 saturated carbocycles. The summed E-state index contributed by atoms with van der Waals surface area (Å²) in [6, 6.07) is 13.5. The van der Waals surface area contributed by atoms with Crippen molar-refractivity contribution < 1.29 is 17.9 Å². The fourth-order valence-electron chi connectivity index (χ4n) is 3.54. The molecular weight excluding hydrogens is 471 g/mol. The second-order valence-electron chi connectivity index (χ2n) is 7.44. The molecule has 1 amide bonds. The van der Waals surface area contributed by atoms with Crippen molar-refractivity contribution in [2.75, 3.05) is 11.1 Å². The van der Waals surface area contributed by atoms with Crippen LogP contribution < -0.4 is 10.1 Å². The Morgan fingerprint density at radius 2 is 1.84 bits per heavy atom. The minimum Gasteiger partial charge on any atom is -0.435 e. The highest BCUT2D eigenvalue weighted by Gasteiger charge is 2.20. The van der Waals surface area contributed by atoms with Gasteiger partial charge in [0.15, 0.2) is 15.6 Å². The third-order valence-corrected chi connectivity index (χ3v) is 7.36. The van der Waals surface area contributed by atoms with Crippen LogP contribution in [0.2, 0.25) is 10.0 Å². The molecular formula is C23H20Cl2N2O4S. The Hall–Kier alpha value is -2.61. The quantitative estimate of drug-likeness (QED) is 0.474. The predicted molar refractivity (Wildman–Crippen MR) is 125 cm³/mol. The van der Waals surface area contributed by atoms with Crippen LogP contribution in [0.4, 0.5) is 5.69 Å². The van der Waals surface area contributed by atoms with Crippen molar-refractivity contribution >= 4 is 44.6 Å². The van der Waals surface area contributed by atoms with E-state index in [1.807, 2.05) is 6.07 Å². The van der Waals surface area contributed by atoms with Crippen LogP contribution in [0.5, 0.6) is 11.6 Å². The van der Waals surface area contributed by atoms with Crippen molar-refractivity contribution in [3.63, 3.8) is 0 Å². The Bertz CT molecular complexity index is 1280. The largest absolute Gasteiger partial charge is 0.435 e. The molecule has 6 nitrogen and oxygen atoms in total. The average molecular weight is 491 g/mol. The van der Waals surface area contributed by atoms with Crippen molar-refractivity contribution in [3.05, 3.63) is 75.9 Å². The molecule has 1 aliphatic carbocycles. The topological polar surface area (TPSA) is 85.4 Å². The predicted octanol–water partition coefficient (Wildman–Crippen LogP) is 5.47. The first-order valence-corrected chi connectivity index (χ1v) is 12.4. The number of fused-ring (bicyclic) bond motifs is 1. The lowest BCUT2D eigenvalue weighted by atomic mass is 10.1. The summed E-state index contributed by atoms with van der Waals surface area (Å²) in [6.45, 7) is 0. The lowest BCUT2D eigenvalue weighted by molar-refractivity contribution is -0.115. The number of nitrogens with one attached hydrogen (secondary N) is 1. The molecule has 0 bridgehead atoms. The highest BCUT2D eigenvalue weighted by Crippen LogP contribution is 2.33. The Kier molecular flexibility index (Phi) is 6.69. The molecule has 0 atom stereocenters. The van der Waals surface area contributed by atoms with E-state index in [0.717, 1.165) is 24.8 Å². The Balaban J connectivity index is 1.42. The second kappa shape index (κ2) is 9.48. The van der Waals surface area contributed by atoms with Crippen LogP contribution in [-0.4, -0.2) is 25.1 Å². The maximum atomic E-state index is 12.7. The second-order valence-corrected chi connectivity index (χ2v) is 10.4. The summed E-state index contributed by atoms with van der Waals surface area (Å²) in [5.41, 5.74) is 2.66. The normalized spacial score (nSPS) is 12.9. The highest BCUT2D eigenvalue weighted by molar-refractivity contribution is 7.91. The van der Waals surface area contributed by atoms with Crippen LogP contribution in [0.15, 0.2) is 59.6 Å². The molecule has 1 aromatic heterocycles. The summed E-state index contributed by atoms with van der Waals surface area (Å²) in [7, 11) is -3.57. The van der Waals surface area contributed by atoms with Crippen LogP contribution in [0.1, 0.15) is 24.0 Å². The maximum Gasteiger partial charge on any atom is 0.238 e. The van der Waals surface area contributed by atoms with Gasteiger partial charge < -0.3 is 10.1 Å². The third kappa shape index (κ3) is 5.23. The zero-order valence-corrected chi connectivity index (χ0v) is 19.3. The van der Waals surface area contributed by atoms with E-state index in [4.69, 9.17) is 27.9 Å². The number of halogens is 2. The number of carbonyl (C=O) groups excluding carboxylic acids is 1. The molecule has 0 unspecified atom stereocenters. The molecule has 3 aromatic rings. The monoisotopic (exact) mass is 490 g/mol. The van der Waals surface area contributed by atoms with Crippen molar-refractivity contribution in [3.8, 4) is 11.6 Å². The van der Waals surface area contributed by atoms with E-state index >= 15 is 0 Å². The van der Waals surface area contributed by atoms with E-state index in [2.05, 4.69) is 10.3 Å². The van der Waals surface area contributed by atoms with Gasteiger partial charge in [-0.25, -0.2) is 13.4 Å². The average Bonchev–Trinajstić information content (AvgIpc) is 3.24. The molecule has 166 valence electrons. The van der Waals surface area contributed by atoms with Crippen molar-refractivity contribution in [1.29, 1.82) is 0 Å². The molecule has 0 radical (unpaired) electrons. The van der Waals surface area contributed by atoms with E-state index in [9.17, 15) is 13.2 Å². The van der Waals surface area contributed by atoms with Crippen molar-refractivity contribution in [2.24, 2.45) is 0 Å². The third-order valence-electron chi connectivity index (χ3n) is 5.17. The number of pyridine rings is 1. The molecule has 0 spiro atoms. The maximum absolute atomic E-state index is 12.7. The molecule has 4 rings (SSSR count). The minimum absolute atomic E-state index is 0.136. The fraction of sp³-hybridized carbons (Fsp3) is 0.217. The highest BCUT2D eigenvalue weighted by atomic mass is 35.5. The number of amides is 1. The molecule has 2 aromatic carbocycles. The van der Waals surface area contributed by atoms with E-state index < -0.39 is 15.7 Å². The van der Waals surface area contributed by atoms with Crippen LogP contribution in [-0.2, 0) is 27.5 Å². The molecule has 1 heterocycles. The van der Waals surface area contributed by atoms with Crippen LogP contribution in [0.25, 0.3) is 0 Å². The summed E-state index contributed by atoms with van der Waals surface area (Å²) in [5, 5.41) is 3.29. The Morgan fingerprint density at radius 1 is 1.06 bits per heavy atom. The number of aryl methyl sites for hydroxylation is 2. The number of nitrogens with zero attached hydrogens (tertiary/aromatic N) is 1. The summed E-state index contributed by atoms with van der Waals surface area (Å²) in [6.07, 6.45) is 4.12.